The number of carbonyl (C=O) groups is 1. The van der Waals surface area contributed by atoms with Crippen molar-refractivity contribution in [1.82, 2.24) is 0 Å². The van der Waals surface area contributed by atoms with Crippen LogP contribution in [0.2, 0.25) is 5.02 Å². The van der Waals surface area contributed by atoms with E-state index < -0.39 is 4.92 Å². The number of benzene rings is 2. The first-order valence-electron chi connectivity index (χ1n) is 6.42. The van der Waals surface area contributed by atoms with Crippen molar-refractivity contribution in [3.63, 3.8) is 0 Å². The summed E-state index contributed by atoms with van der Waals surface area (Å²) in [4.78, 5) is 22.4. The Labute approximate surface area is 145 Å². The molecule has 0 N–H and O–H groups in total. The van der Waals surface area contributed by atoms with Gasteiger partial charge in [0.05, 0.1) is 12.0 Å². The second kappa shape index (κ2) is 7.39. The van der Waals surface area contributed by atoms with Crippen LogP contribution in [0.15, 0.2) is 46.9 Å². The van der Waals surface area contributed by atoms with E-state index in [0.717, 1.165) is 10.5 Å². The molecule has 0 atom stereocenters. The molecule has 0 bridgehead atoms. The maximum absolute atomic E-state index is 12.2. The SMILES string of the molecule is COc1ccc(Br)cc1C=CC(=O)c1ccc(Cl)c([N+](=O)[O-])c1. The second-order valence-electron chi connectivity index (χ2n) is 4.51. The summed E-state index contributed by atoms with van der Waals surface area (Å²) in [6.45, 7) is 0. The molecule has 0 spiro atoms. The standard InChI is InChI=1S/C16H11BrClNO4/c1-23-16-7-4-12(17)8-11(16)3-6-15(20)10-2-5-13(18)14(9-10)19(21)22/h2-9H,1H3. The van der Waals surface area contributed by atoms with Crippen molar-refractivity contribution in [3.8, 4) is 5.75 Å². The number of nitro groups is 1. The zero-order chi connectivity index (χ0) is 17.0. The topological polar surface area (TPSA) is 69.4 Å². The first-order valence-corrected chi connectivity index (χ1v) is 7.59. The Balaban J connectivity index is 2.31. The smallest absolute Gasteiger partial charge is 0.288 e. The minimum absolute atomic E-state index is 0.0100. The quantitative estimate of drug-likeness (QED) is 0.311. The Hall–Kier alpha value is -2.18. The highest BCUT2D eigenvalue weighted by Crippen LogP contribution is 2.26. The molecule has 0 fully saturated rings. The number of ketones is 1. The van der Waals surface area contributed by atoms with Crippen LogP contribution in [-0.2, 0) is 0 Å². The number of carbonyl (C=O) groups excluding carboxylic acids is 1. The lowest BCUT2D eigenvalue weighted by Crippen LogP contribution is -1.97. The van der Waals surface area contributed by atoms with Crippen molar-refractivity contribution in [2.24, 2.45) is 0 Å². The van der Waals surface area contributed by atoms with Crippen LogP contribution >= 0.6 is 27.5 Å². The van der Waals surface area contributed by atoms with Gasteiger partial charge in [0.25, 0.3) is 5.69 Å². The van der Waals surface area contributed by atoms with E-state index in [1.165, 1.54) is 25.3 Å². The number of halogens is 2. The first-order chi connectivity index (χ1) is 10.9. The molecular weight excluding hydrogens is 386 g/mol. The molecule has 0 aliphatic heterocycles. The monoisotopic (exact) mass is 395 g/mol. The molecule has 2 aromatic carbocycles. The summed E-state index contributed by atoms with van der Waals surface area (Å²) in [6, 6.07) is 9.32. The molecule has 2 rings (SSSR count). The van der Waals surface area contributed by atoms with Gasteiger partial charge in [-0.3, -0.25) is 14.9 Å². The van der Waals surface area contributed by atoms with Crippen LogP contribution in [0.5, 0.6) is 5.75 Å². The van der Waals surface area contributed by atoms with E-state index >= 15 is 0 Å². The van der Waals surface area contributed by atoms with Gasteiger partial charge in [0.2, 0.25) is 0 Å². The molecule has 23 heavy (non-hydrogen) atoms. The van der Waals surface area contributed by atoms with Crippen molar-refractivity contribution in [3.05, 3.63) is 73.2 Å². The molecule has 0 aromatic heterocycles. The largest absolute Gasteiger partial charge is 0.496 e. The highest BCUT2D eigenvalue weighted by Gasteiger charge is 2.15. The van der Waals surface area contributed by atoms with Crippen molar-refractivity contribution < 1.29 is 14.5 Å². The van der Waals surface area contributed by atoms with Crippen molar-refractivity contribution in [1.29, 1.82) is 0 Å². The van der Waals surface area contributed by atoms with Crippen LogP contribution in [0.25, 0.3) is 6.08 Å². The van der Waals surface area contributed by atoms with E-state index in [2.05, 4.69) is 15.9 Å². The van der Waals surface area contributed by atoms with Gasteiger partial charge in [-0.15, -0.1) is 0 Å². The van der Waals surface area contributed by atoms with E-state index in [4.69, 9.17) is 16.3 Å². The number of nitro benzene ring substituents is 1. The second-order valence-corrected chi connectivity index (χ2v) is 5.83. The number of rotatable bonds is 5. The maximum atomic E-state index is 12.2. The van der Waals surface area contributed by atoms with Crippen LogP contribution in [0, 0.1) is 10.1 Å². The van der Waals surface area contributed by atoms with Crippen LogP contribution < -0.4 is 4.74 Å². The van der Waals surface area contributed by atoms with Gasteiger partial charge in [-0.05, 0) is 42.5 Å². The van der Waals surface area contributed by atoms with E-state index in [-0.39, 0.29) is 22.1 Å². The highest BCUT2D eigenvalue weighted by molar-refractivity contribution is 9.10. The van der Waals surface area contributed by atoms with Crippen molar-refractivity contribution in [2.75, 3.05) is 7.11 Å². The third kappa shape index (κ3) is 4.18. The molecular formula is C16H11BrClNO4. The Morgan fingerprint density at radius 3 is 2.70 bits per heavy atom. The molecule has 5 nitrogen and oxygen atoms in total. The predicted molar refractivity (Wildman–Crippen MR) is 92.2 cm³/mol. The first kappa shape index (κ1) is 17.2. The lowest BCUT2D eigenvalue weighted by molar-refractivity contribution is -0.384. The Bertz CT molecular complexity index is 805. The number of hydrogen-bond acceptors (Lipinski definition) is 4. The van der Waals surface area contributed by atoms with E-state index in [1.54, 1.807) is 18.2 Å². The number of allylic oxidation sites excluding steroid dienone is 1. The Morgan fingerprint density at radius 2 is 2.04 bits per heavy atom. The molecule has 0 aliphatic rings. The molecule has 0 radical (unpaired) electrons. The van der Waals surface area contributed by atoms with Crippen LogP contribution in [0.3, 0.4) is 0 Å². The maximum Gasteiger partial charge on any atom is 0.288 e. The average Bonchev–Trinajstić information content (AvgIpc) is 2.52. The molecule has 0 unspecified atom stereocenters. The van der Waals surface area contributed by atoms with Crippen molar-refractivity contribution >= 4 is 45.1 Å². The van der Waals surface area contributed by atoms with E-state index in [0.29, 0.717) is 11.3 Å². The minimum atomic E-state index is -0.625. The summed E-state index contributed by atoms with van der Waals surface area (Å²) in [5.74, 6) is 0.242. The minimum Gasteiger partial charge on any atom is -0.496 e. The molecule has 0 heterocycles. The third-order valence-corrected chi connectivity index (χ3v) is 3.85. The Kier molecular flexibility index (Phi) is 5.52. The Morgan fingerprint density at radius 1 is 1.30 bits per heavy atom. The van der Waals surface area contributed by atoms with E-state index in [1.807, 2.05) is 6.07 Å². The molecule has 0 saturated carbocycles. The summed E-state index contributed by atoms with van der Waals surface area (Å²) >= 11 is 9.08. The summed E-state index contributed by atoms with van der Waals surface area (Å²) < 4.78 is 6.05. The van der Waals surface area contributed by atoms with E-state index in [9.17, 15) is 14.9 Å². The molecule has 7 heteroatoms. The lowest BCUT2D eigenvalue weighted by Gasteiger charge is -2.05. The van der Waals surface area contributed by atoms with Crippen LogP contribution in [0.4, 0.5) is 5.69 Å². The lowest BCUT2D eigenvalue weighted by atomic mass is 10.1. The van der Waals surface area contributed by atoms with Gasteiger partial charge in [-0.25, -0.2) is 0 Å². The zero-order valence-corrected chi connectivity index (χ0v) is 14.3. The fraction of sp³-hybridized carbons (Fsp3) is 0.0625. The summed E-state index contributed by atoms with van der Waals surface area (Å²) in [7, 11) is 1.53. The van der Waals surface area contributed by atoms with Gasteiger partial charge in [0, 0.05) is 21.7 Å². The van der Waals surface area contributed by atoms with Gasteiger partial charge in [0.1, 0.15) is 10.8 Å². The van der Waals surface area contributed by atoms with Gasteiger partial charge in [-0.2, -0.15) is 0 Å². The van der Waals surface area contributed by atoms with Crippen LogP contribution in [0.1, 0.15) is 15.9 Å². The fourth-order valence-corrected chi connectivity index (χ4v) is 2.47. The van der Waals surface area contributed by atoms with Gasteiger partial charge >= 0.3 is 0 Å². The molecule has 0 aliphatic carbocycles. The highest BCUT2D eigenvalue weighted by atomic mass is 79.9. The normalized spacial score (nSPS) is 10.7. The fourth-order valence-electron chi connectivity index (χ4n) is 1.90. The molecule has 118 valence electrons. The van der Waals surface area contributed by atoms with Gasteiger partial charge in [0.15, 0.2) is 5.78 Å². The molecule has 2 aromatic rings. The number of nitrogens with zero attached hydrogens (tertiary/aromatic N) is 1. The number of hydrogen-bond donors (Lipinski definition) is 0. The summed E-state index contributed by atoms with van der Waals surface area (Å²) in [6.07, 6.45) is 2.92. The zero-order valence-electron chi connectivity index (χ0n) is 12.0. The van der Waals surface area contributed by atoms with Crippen molar-refractivity contribution in [2.45, 2.75) is 0 Å². The molecule has 0 saturated heterocycles. The van der Waals surface area contributed by atoms with Gasteiger partial charge in [-0.1, -0.05) is 27.5 Å². The number of methoxy groups -OCH3 is 1. The van der Waals surface area contributed by atoms with Crippen LogP contribution in [-0.4, -0.2) is 17.8 Å². The molecule has 0 amide bonds. The average molecular weight is 397 g/mol. The third-order valence-electron chi connectivity index (χ3n) is 3.03. The summed E-state index contributed by atoms with van der Waals surface area (Å²) in [5, 5.41) is 10.9. The summed E-state index contributed by atoms with van der Waals surface area (Å²) in [5.41, 5.74) is 0.593. The number of ether oxygens (including phenoxy) is 1. The predicted octanol–water partition coefficient (Wildman–Crippen LogP) is 4.92. The van der Waals surface area contributed by atoms with Gasteiger partial charge < -0.3 is 4.74 Å².